The lowest BCUT2D eigenvalue weighted by Gasteiger charge is -2.04. The van der Waals surface area contributed by atoms with Gasteiger partial charge in [-0.25, -0.2) is 9.18 Å². The van der Waals surface area contributed by atoms with Crippen molar-refractivity contribution in [1.82, 2.24) is 0 Å². The molecule has 1 aromatic heterocycles. The number of nitrogen functional groups attached to an aromatic ring is 1. The molecule has 0 aliphatic rings. The fourth-order valence-electron chi connectivity index (χ4n) is 2.34. The number of ether oxygens (including phenoxy) is 1. The SMILES string of the molecule is CC.CCOC(=O)c1c(-c2ccc(F)cc2)oc2cc(N)c(Br)cc12. The summed E-state index contributed by atoms with van der Waals surface area (Å²) < 4.78 is 24.7. The van der Waals surface area contributed by atoms with Crippen LogP contribution in [-0.4, -0.2) is 12.6 Å². The Morgan fingerprint density at radius 3 is 2.48 bits per heavy atom. The highest BCUT2D eigenvalue weighted by atomic mass is 79.9. The summed E-state index contributed by atoms with van der Waals surface area (Å²) in [6, 6.07) is 9.06. The first-order valence-corrected chi connectivity index (χ1v) is 8.75. The van der Waals surface area contributed by atoms with Gasteiger partial charge in [0.05, 0.1) is 6.61 Å². The second kappa shape index (κ2) is 8.16. The second-order valence-electron chi connectivity index (χ2n) is 4.90. The van der Waals surface area contributed by atoms with Crippen molar-refractivity contribution < 1.29 is 18.3 Å². The van der Waals surface area contributed by atoms with Crippen molar-refractivity contribution in [1.29, 1.82) is 0 Å². The predicted molar refractivity (Wildman–Crippen MR) is 101 cm³/mol. The number of carbonyl (C=O) groups is 1. The molecule has 2 aromatic carbocycles. The molecule has 0 fully saturated rings. The maximum Gasteiger partial charge on any atom is 0.342 e. The van der Waals surface area contributed by atoms with Crippen molar-refractivity contribution in [2.45, 2.75) is 20.8 Å². The molecule has 0 unspecified atom stereocenters. The number of hydrogen-bond acceptors (Lipinski definition) is 4. The van der Waals surface area contributed by atoms with E-state index in [1.807, 2.05) is 13.8 Å². The monoisotopic (exact) mass is 407 g/mol. The van der Waals surface area contributed by atoms with Gasteiger partial charge in [0.1, 0.15) is 22.7 Å². The Bertz CT molecular complexity index is 888. The van der Waals surface area contributed by atoms with Crippen molar-refractivity contribution in [3.8, 4) is 11.3 Å². The number of halogens is 2. The number of rotatable bonds is 3. The van der Waals surface area contributed by atoms with E-state index in [1.165, 1.54) is 12.1 Å². The van der Waals surface area contributed by atoms with Crippen LogP contribution in [0.2, 0.25) is 0 Å². The van der Waals surface area contributed by atoms with Gasteiger partial charge >= 0.3 is 5.97 Å². The number of carbonyl (C=O) groups excluding carboxylic acids is 1. The Morgan fingerprint density at radius 1 is 1.24 bits per heavy atom. The van der Waals surface area contributed by atoms with E-state index in [9.17, 15) is 9.18 Å². The first-order chi connectivity index (χ1) is 12.0. The molecule has 1 heterocycles. The van der Waals surface area contributed by atoms with Crippen molar-refractivity contribution >= 4 is 38.6 Å². The summed E-state index contributed by atoms with van der Waals surface area (Å²) in [5.74, 6) is -0.535. The van der Waals surface area contributed by atoms with Crippen LogP contribution in [0.25, 0.3) is 22.3 Å². The van der Waals surface area contributed by atoms with Gasteiger partial charge in [0.15, 0.2) is 0 Å². The molecule has 25 heavy (non-hydrogen) atoms. The molecule has 3 rings (SSSR count). The molecule has 6 heteroatoms. The third kappa shape index (κ3) is 3.85. The topological polar surface area (TPSA) is 65.5 Å². The van der Waals surface area contributed by atoms with Crippen LogP contribution in [0.15, 0.2) is 45.3 Å². The van der Waals surface area contributed by atoms with Crippen LogP contribution >= 0.6 is 15.9 Å². The van der Waals surface area contributed by atoms with Gasteiger partial charge in [-0.05, 0) is 53.2 Å². The normalized spacial score (nSPS) is 10.3. The maximum atomic E-state index is 13.1. The largest absolute Gasteiger partial charge is 0.462 e. The Labute approximate surface area is 153 Å². The average Bonchev–Trinajstić information content (AvgIpc) is 2.96. The zero-order chi connectivity index (χ0) is 18.6. The van der Waals surface area contributed by atoms with E-state index in [4.69, 9.17) is 14.9 Å². The van der Waals surface area contributed by atoms with Gasteiger partial charge < -0.3 is 14.9 Å². The van der Waals surface area contributed by atoms with Gasteiger partial charge in [-0.1, -0.05) is 13.8 Å². The van der Waals surface area contributed by atoms with E-state index in [2.05, 4.69) is 15.9 Å². The fourth-order valence-corrected chi connectivity index (χ4v) is 2.69. The summed E-state index contributed by atoms with van der Waals surface area (Å²) in [5.41, 5.74) is 7.71. The van der Waals surface area contributed by atoms with Crippen LogP contribution < -0.4 is 5.73 Å². The molecule has 2 N–H and O–H groups in total. The zero-order valence-electron chi connectivity index (χ0n) is 14.2. The molecule has 3 aromatic rings. The molecule has 0 atom stereocenters. The quantitative estimate of drug-likeness (QED) is 0.440. The molecular weight excluding hydrogens is 389 g/mol. The molecule has 132 valence electrons. The number of furan rings is 1. The summed E-state index contributed by atoms with van der Waals surface area (Å²) >= 11 is 3.35. The van der Waals surface area contributed by atoms with Crippen LogP contribution in [0, 0.1) is 5.82 Å². The first kappa shape index (κ1) is 19.0. The second-order valence-corrected chi connectivity index (χ2v) is 5.76. The van der Waals surface area contributed by atoms with Crippen molar-refractivity contribution in [2.24, 2.45) is 0 Å². The van der Waals surface area contributed by atoms with Gasteiger partial charge in [0.2, 0.25) is 0 Å². The van der Waals surface area contributed by atoms with Crippen molar-refractivity contribution in [2.75, 3.05) is 12.3 Å². The van der Waals surface area contributed by atoms with Crippen molar-refractivity contribution in [3.05, 3.63) is 52.3 Å². The van der Waals surface area contributed by atoms with E-state index in [-0.39, 0.29) is 12.4 Å². The molecular formula is C19H19BrFNO3. The summed E-state index contributed by atoms with van der Waals surface area (Å²) in [5, 5.41) is 0.587. The fraction of sp³-hybridized carbons (Fsp3) is 0.211. The molecule has 0 aliphatic carbocycles. The lowest BCUT2D eigenvalue weighted by molar-refractivity contribution is 0.0528. The molecule has 4 nitrogen and oxygen atoms in total. The van der Waals surface area contributed by atoms with E-state index >= 15 is 0 Å². The van der Waals surface area contributed by atoms with Crippen LogP contribution in [0.4, 0.5) is 10.1 Å². The average molecular weight is 408 g/mol. The highest BCUT2D eigenvalue weighted by Crippen LogP contribution is 2.37. The summed E-state index contributed by atoms with van der Waals surface area (Å²) in [7, 11) is 0. The van der Waals surface area contributed by atoms with Gasteiger partial charge in [-0.3, -0.25) is 0 Å². The third-order valence-corrected chi connectivity index (χ3v) is 4.08. The van der Waals surface area contributed by atoms with Gasteiger partial charge in [0.25, 0.3) is 0 Å². The molecule has 0 bridgehead atoms. The van der Waals surface area contributed by atoms with Crippen LogP contribution in [0.3, 0.4) is 0 Å². The number of nitrogens with two attached hydrogens (primary N) is 1. The highest BCUT2D eigenvalue weighted by molar-refractivity contribution is 9.10. The molecule has 0 aliphatic heterocycles. The smallest absolute Gasteiger partial charge is 0.342 e. The summed E-state index contributed by atoms with van der Waals surface area (Å²) in [6.07, 6.45) is 0. The number of hydrogen-bond donors (Lipinski definition) is 1. The Kier molecular flexibility index (Phi) is 6.20. The number of anilines is 1. The third-order valence-electron chi connectivity index (χ3n) is 3.39. The van der Waals surface area contributed by atoms with Crippen LogP contribution in [0.1, 0.15) is 31.1 Å². The molecule has 0 saturated heterocycles. The Hall–Kier alpha value is -2.34. The van der Waals surface area contributed by atoms with E-state index < -0.39 is 5.97 Å². The zero-order valence-corrected chi connectivity index (χ0v) is 15.8. The molecule has 0 spiro atoms. The van der Waals surface area contributed by atoms with E-state index in [0.717, 1.165) is 0 Å². The Balaban J connectivity index is 0.00000109. The maximum absolute atomic E-state index is 13.1. The van der Waals surface area contributed by atoms with E-state index in [1.54, 1.807) is 31.2 Å². The van der Waals surface area contributed by atoms with Crippen molar-refractivity contribution in [3.63, 3.8) is 0 Å². The minimum absolute atomic E-state index is 0.241. The van der Waals surface area contributed by atoms with Crippen LogP contribution in [-0.2, 0) is 4.74 Å². The van der Waals surface area contributed by atoms with Gasteiger partial charge in [-0.15, -0.1) is 0 Å². The molecule has 0 saturated carbocycles. The molecule has 0 amide bonds. The summed E-state index contributed by atoms with van der Waals surface area (Å²) in [4.78, 5) is 12.4. The minimum atomic E-state index is -0.498. The number of benzene rings is 2. The molecule has 0 radical (unpaired) electrons. The standard InChI is InChI=1S/C17H13BrFNO3.C2H6/c1-2-22-17(21)15-11-7-12(18)13(20)8-14(11)23-16(15)9-3-5-10(19)6-4-9;1-2/h3-8H,2,20H2,1H3;1-2H3. The lowest BCUT2D eigenvalue weighted by atomic mass is 10.1. The van der Waals surface area contributed by atoms with Gasteiger partial charge in [-0.2, -0.15) is 0 Å². The first-order valence-electron chi connectivity index (χ1n) is 7.95. The predicted octanol–water partition coefficient (Wildman–Crippen LogP) is 5.79. The van der Waals surface area contributed by atoms with E-state index in [0.29, 0.717) is 38.0 Å². The number of fused-ring (bicyclic) bond motifs is 1. The number of esters is 1. The lowest BCUT2D eigenvalue weighted by Crippen LogP contribution is -2.05. The van der Waals surface area contributed by atoms with Gasteiger partial charge in [0, 0.05) is 27.2 Å². The summed E-state index contributed by atoms with van der Waals surface area (Å²) in [6.45, 7) is 5.97. The highest BCUT2D eigenvalue weighted by Gasteiger charge is 2.24. The minimum Gasteiger partial charge on any atom is -0.462 e. The van der Waals surface area contributed by atoms with Crippen LogP contribution in [0.5, 0.6) is 0 Å². The Morgan fingerprint density at radius 2 is 1.88 bits per heavy atom.